The van der Waals surface area contributed by atoms with Crippen LogP contribution in [0.1, 0.15) is 29.8 Å². The number of nitrogens with one attached hydrogen (secondary N) is 1. The highest BCUT2D eigenvalue weighted by atomic mass is 16.1. The topological polar surface area (TPSA) is 72.7 Å². The Morgan fingerprint density at radius 3 is 3.15 bits per heavy atom. The van der Waals surface area contributed by atoms with Gasteiger partial charge in [-0.05, 0) is 31.7 Å². The zero-order valence-electron chi connectivity index (χ0n) is 11.5. The van der Waals surface area contributed by atoms with Gasteiger partial charge in [-0.3, -0.25) is 9.48 Å². The number of hydrogen-bond acceptors (Lipinski definition) is 4. The molecule has 2 aromatic rings. The fourth-order valence-corrected chi connectivity index (χ4v) is 2.58. The number of aryl methyl sites for hydroxylation is 3. The van der Waals surface area contributed by atoms with E-state index in [9.17, 15) is 4.79 Å². The average Bonchev–Trinajstić information content (AvgIpc) is 3.01. The minimum Gasteiger partial charge on any atom is -0.311 e. The van der Waals surface area contributed by atoms with Crippen molar-refractivity contribution >= 4 is 11.7 Å². The van der Waals surface area contributed by atoms with Gasteiger partial charge in [0, 0.05) is 30.9 Å². The Hall–Kier alpha value is -2.24. The molecule has 3 rings (SSSR count). The summed E-state index contributed by atoms with van der Waals surface area (Å²) in [6.07, 6.45) is 7.37. The van der Waals surface area contributed by atoms with Crippen LogP contribution in [-0.4, -0.2) is 25.7 Å². The third kappa shape index (κ3) is 2.54. The SMILES string of the molecule is Cn1nc2c(c1NC(=O)CCc1ccncn1)CCC2. The Bertz CT molecular complexity index is 620. The maximum Gasteiger partial charge on any atom is 0.225 e. The van der Waals surface area contributed by atoms with Crippen molar-refractivity contribution in [3.63, 3.8) is 0 Å². The molecular weight excluding hydrogens is 254 g/mol. The summed E-state index contributed by atoms with van der Waals surface area (Å²) in [4.78, 5) is 20.0. The molecule has 1 aliphatic carbocycles. The summed E-state index contributed by atoms with van der Waals surface area (Å²) in [7, 11) is 1.87. The number of fused-ring (bicyclic) bond motifs is 1. The van der Waals surface area contributed by atoms with Crippen molar-refractivity contribution in [2.45, 2.75) is 32.1 Å². The summed E-state index contributed by atoms with van der Waals surface area (Å²) in [5.74, 6) is 0.853. The molecule has 1 amide bonds. The summed E-state index contributed by atoms with van der Waals surface area (Å²) in [5.41, 5.74) is 3.20. The van der Waals surface area contributed by atoms with Crippen LogP contribution in [0.5, 0.6) is 0 Å². The van der Waals surface area contributed by atoms with E-state index >= 15 is 0 Å². The Morgan fingerprint density at radius 1 is 1.45 bits per heavy atom. The van der Waals surface area contributed by atoms with E-state index in [1.165, 1.54) is 11.9 Å². The van der Waals surface area contributed by atoms with Crippen LogP contribution in [0.15, 0.2) is 18.6 Å². The number of amides is 1. The summed E-state index contributed by atoms with van der Waals surface area (Å²) in [6.45, 7) is 0. The van der Waals surface area contributed by atoms with Gasteiger partial charge in [-0.2, -0.15) is 5.10 Å². The van der Waals surface area contributed by atoms with Gasteiger partial charge in [0.15, 0.2) is 0 Å². The molecule has 2 heterocycles. The van der Waals surface area contributed by atoms with Crippen LogP contribution in [0.25, 0.3) is 0 Å². The van der Waals surface area contributed by atoms with Crippen LogP contribution in [0.3, 0.4) is 0 Å². The first kappa shape index (κ1) is 12.8. The third-order valence-corrected chi connectivity index (χ3v) is 3.58. The minimum atomic E-state index is 0.00122. The van der Waals surface area contributed by atoms with E-state index in [1.807, 2.05) is 13.1 Å². The summed E-state index contributed by atoms with van der Waals surface area (Å²) < 4.78 is 1.77. The molecule has 1 N–H and O–H groups in total. The molecule has 0 radical (unpaired) electrons. The molecule has 6 heteroatoms. The van der Waals surface area contributed by atoms with Gasteiger partial charge in [0.2, 0.25) is 5.91 Å². The molecule has 104 valence electrons. The number of rotatable bonds is 4. The summed E-state index contributed by atoms with van der Waals surface area (Å²) >= 11 is 0. The molecule has 2 aromatic heterocycles. The maximum atomic E-state index is 12.0. The van der Waals surface area contributed by atoms with Crippen molar-refractivity contribution in [3.05, 3.63) is 35.5 Å². The van der Waals surface area contributed by atoms with E-state index in [4.69, 9.17) is 0 Å². The molecular formula is C14H17N5O. The van der Waals surface area contributed by atoms with Gasteiger partial charge in [-0.15, -0.1) is 0 Å². The molecule has 0 saturated carbocycles. The average molecular weight is 271 g/mol. The molecule has 20 heavy (non-hydrogen) atoms. The van der Waals surface area contributed by atoms with Gasteiger partial charge in [-0.1, -0.05) is 0 Å². The van der Waals surface area contributed by atoms with Crippen LogP contribution in [0, 0.1) is 0 Å². The Labute approximate surface area is 117 Å². The zero-order chi connectivity index (χ0) is 13.9. The zero-order valence-corrected chi connectivity index (χ0v) is 11.5. The van der Waals surface area contributed by atoms with Gasteiger partial charge in [-0.25, -0.2) is 9.97 Å². The van der Waals surface area contributed by atoms with Crippen molar-refractivity contribution < 1.29 is 4.79 Å². The first-order valence-corrected chi connectivity index (χ1v) is 6.83. The van der Waals surface area contributed by atoms with E-state index in [0.29, 0.717) is 12.8 Å². The molecule has 0 bridgehead atoms. The normalized spacial score (nSPS) is 13.2. The predicted octanol–water partition coefficient (Wildman–Crippen LogP) is 1.27. The van der Waals surface area contributed by atoms with Crippen molar-refractivity contribution in [1.82, 2.24) is 19.7 Å². The van der Waals surface area contributed by atoms with Crippen molar-refractivity contribution in [2.75, 3.05) is 5.32 Å². The summed E-state index contributed by atoms with van der Waals surface area (Å²) in [5, 5.41) is 7.42. The van der Waals surface area contributed by atoms with Gasteiger partial charge in [0.05, 0.1) is 5.69 Å². The predicted molar refractivity (Wildman–Crippen MR) is 74.2 cm³/mol. The largest absolute Gasteiger partial charge is 0.311 e. The number of aromatic nitrogens is 4. The molecule has 0 aromatic carbocycles. The lowest BCUT2D eigenvalue weighted by atomic mass is 10.2. The first-order chi connectivity index (χ1) is 9.74. The molecule has 0 saturated heterocycles. The second-order valence-corrected chi connectivity index (χ2v) is 5.00. The molecule has 0 unspecified atom stereocenters. The molecule has 0 fully saturated rings. The number of nitrogens with zero attached hydrogens (tertiary/aromatic N) is 4. The van der Waals surface area contributed by atoms with Crippen molar-refractivity contribution in [2.24, 2.45) is 7.05 Å². The van der Waals surface area contributed by atoms with E-state index in [2.05, 4.69) is 20.4 Å². The van der Waals surface area contributed by atoms with Crippen molar-refractivity contribution in [3.8, 4) is 0 Å². The van der Waals surface area contributed by atoms with Gasteiger partial charge >= 0.3 is 0 Å². The van der Waals surface area contributed by atoms with Crippen LogP contribution in [-0.2, 0) is 31.1 Å². The molecule has 0 atom stereocenters. The number of carbonyl (C=O) groups excluding carboxylic acids is 1. The Balaban J connectivity index is 1.62. The lowest BCUT2D eigenvalue weighted by molar-refractivity contribution is -0.116. The number of anilines is 1. The van der Waals surface area contributed by atoms with Crippen LogP contribution < -0.4 is 5.32 Å². The van der Waals surface area contributed by atoms with Crippen LogP contribution in [0.2, 0.25) is 0 Å². The number of carbonyl (C=O) groups is 1. The lowest BCUT2D eigenvalue weighted by Crippen LogP contribution is -2.16. The van der Waals surface area contributed by atoms with E-state index in [1.54, 1.807) is 10.9 Å². The van der Waals surface area contributed by atoms with Crippen LogP contribution >= 0.6 is 0 Å². The Morgan fingerprint density at radius 2 is 2.35 bits per heavy atom. The van der Waals surface area contributed by atoms with Crippen molar-refractivity contribution in [1.29, 1.82) is 0 Å². The quantitative estimate of drug-likeness (QED) is 0.909. The minimum absolute atomic E-state index is 0.00122. The van der Waals surface area contributed by atoms with E-state index in [0.717, 1.165) is 36.5 Å². The summed E-state index contributed by atoms with van der Waals surface area (Å²) in [6, 6.07) is 1.83. The fraction of sp³-hybridized carbons (Fsp3) is 0.429. The maximum absolute atomic E-state index is 12.0. The molecule has 1 aliphatic rings. The highest BCUT2D eigenvalue weighted by Crippen LogP contribution is 2.28. The lowest BCUT2D eigenvalue weighted by Gasteiger charge is -2.07. The van der Waals surface area contributed by atoms with Crippen LogP contribution in [0.4, 0.5) is 5.82 Å². The second-order valence-electron chi connectivity index (χ2n) is 5.00. The highest BCUT2D eigenvalue weighted by Gasteiger charge is 2.21. The van der Waals surface area contributed by atoms with E-state index in [-0.39, 0.29) is 5.91 Å². The molecule has 0 spiro atoms. The molecule has 6 nitrogen and oxygen atoms in total. The van der Waals surface area contributed by atoms with Gasteiger partial charge in [0.25, 0.3) is 0 Å². The monoisotopic (exact) mass is 271 g/mol. The van der Waals surface area contributed by atoms with E-state index < -0.39 is 0 Å². The smallest absolute Gasteiger partial charge is 0.225 e. The first-order valence-electron chi connectivity index (χ1n) is 6.83. The standard InChI is InChI=1S/C14H17N5O/c1-19-14(11-3-2-4-12(11)18-19)17-13(20)6-5-10-7-8-15-9-16-10/h7-9H,2-6H2,1H3,(H,17,20). The second kappa shape index (κ2) is 5.40. The fourth-order valence-electron chi connectivity index (χ4n) is 2.58. The number of hydrogen-bond donors (Lipinski definition) is 1. The third-order valence-electron chi connectivity index (χ3n) is 3.58. The Kier molecular flexibility index (Phi) is 3.45. The van der Waals surface area contributed by atoms with Gasteiger partial charge in [0.1, 0.15) is 12.1 Å². The van der Waals surface area contributed by atoms with Gasteiger partial charge < -0.3 is 5.32 Å². The highest BCUT2D eigenvalue weighted by molar-refractivity contribution is 5.90. The molecule has 0 aliphatic heterocycles.